The van der Waals surface area contributed by atoms with Crippen molar-refractivity contribution in [2.75, 3.05) is 18.1 Å². The van der Waals surface area contributed by atoms with Crippen molar-refractivity contribution in [1.29, 1.82) is 0 Å². The molecule has 1 heterocycles. The Kier molecular flexibility index (Phi) is 4.53. The van der Waals surface area contributed by atoms with Gasteiger partial charge in [0.2, 0.25) is 0 Å². The van der Waals surface area contributed by atoms with Crippen LogP contribution in [0.2, 0.25) is 0 Å². The van der Waals surface area contributed by atoms with E-state index in [0.29, 0.717) is 6.54 Å². The van der Waals surface area contributed by atoms with Crippen LogP contribution in [0, 0.1) is 0 Å². The van der Waals surface area contributed by atoms with Crippen LogP contribution in [0.25, 0.3) is 0 Å². The Hall–Kier alpha value is -0.910. The van der Waals surface area contributed by atoms with E-state index in [-0.39, 0.29) is 6.61 Å². The van der Waals surface area contributed by atoms with Crippen molar-refractivity contribution < 1.29 is 5.11 Å². The predicted octanol–water partition coefficient (Wildman–Crippen LogP) is 2.90. The molecule has 0 spiro atoms. The first-order chi connectivity index (χ1) is 8.29. The van der Waals surface area contributed by atoms with Crippen LogP contribution in [-0.4, -0.2) is 23.2 Å². The fraction of sp³-hybridized carbons (Fsp3) is 0.250. The minimum absolute atomic E-state index is 0.129. The number of aromatic nitrogens is 1. The molecule has 90 valence electrons. The first-order valence-electron chi connectivity index (χ1n) is 5.30. The SMILES string of the molecule is OCCN(Cc1ccccc1)c1nc(Br)cs1. The average molecular weight is 313 g/mol. The molecule has 0 fully saturated rings. The lowest BCUT2D eigenvalue weighted by Crippen LogP contribution is -2.25. The molecule has 1 aromatic heterocycles. The highest BCUT2D eigenvalue weighted by Crippen LogP contribution is 2.24. The van der Waals surface area contributed by atoms with Gasteiger partial charge < -0.3 is 10.0 Å². The second-order valence-electron chi connectivity index (χ2n) is 3.58. The number of nitrogens with zero attached hydrogens (tertiary/aromatic N) is 2. The van der Waals surface area contributed by atoms with Crippen molar-refractivity contribution >= 4 is 32.4 Å². The van der Waals surface area contributed by atoms with E-state index >= 15 is 0 Å². The molecule has 0 saturated carbocycles. The number of hydrogen-bond acceptors (Lipinski definition) is 4. The zero-order valence-electron chi connectivity index (χ0n) is 9.21. The van der Waals surface area contributed by atoms with Gasteiger partial charge in [0.15, 0.2) is 5.13 Å². The van der Waals surface area contributed by atoms with Gasteiger partial charge in [-0.2, -0.15) is 0 Å². The number of aliphatic hydroxyl groups is 1. The Labute approximate surface area is 113 Å². The van der Waals surface area contributed by atoms with Crippen molar-refractivity contribution in [3.05, 3.63) is 45.9 Å². The van der Waals surface area contributed by atoms with Crippen molar-refractivity contribution in [3.8, 4) is 0 Å². The quantitative estimate of drug-likeness (QED) is 0.922. The van der Waals surface area contributed by atoms with Gasteiger partial charge in [0.05, 0.1) is 6.61 Å². The molecule has 0 bridgehead atoms. The smallest absolute Gasteiger partial charge is 0.186 e. The Morgan fingerprint density at radius 3 is 2.65 bits per heavy atom. The molecule has 2 aromatic rings. The maximum atomic E-state index is 9.11. The van der Waals surface area contributed by atoms with Crippen molar-refractivity contribution in [1.82, 2.24) is 4.98 Å². The van der Waals surface area contributed by atoms with E-state index in [9.17, 15) is 0 Å². The van der Waals surface area contributed by atoms with Gasteiger partial charge in [-0.3, -0.25) is 0 Å². The molecule has 0 amide bonds. The van der Waals surface area contributed by atoms with Crippen LogP contribution >= 0.6 is 27.3 Å². The zero-order valence-corrected chi connectivity index (χ0v) is 11.6. The molecule has 0 radical (unpaired) electrons. The normalized spacial score (nSPS) is 10.5. The number of aliphatic hydroxyl groups excluding tert-OH is 1. The van der Waals surface area contributed by atoms with Crippen LogP contribution in [0.3, 0.4) is 0 Å². The molecule has 0 aliphatic carbocycles. The van der Waals surface area contributed by atoms with Crippen LogP contribution in [0.4, 0.5) is 5.13 Å². The van der Waals surface area contributed by atoms with Gasteiger partial charge in [-0.1, -0.05) is 30.3 Å². The molecule has 0 aliphatic rings. The first kappa shape index (κ1) is 12.5. The lowest BCUT2D eigenvalue weighted by molar-refractivity contribution is 0.301. The van der Waals surface area contributed by atoms with Crippen LogP contribution < -0.4 is 4.90 Å². The van der Waals surface area contributed by atoms with E-state index in [1.807, 2.05) is 23.6 Å². The lowest BCUT2D eigenvalue weighted by Gasteiger charge is -2.20. The van der Waals surface area contributed by atoms with Gasteiger partial charge in [0, 0.05) is 18.5 Å². The third kappa shape index (κ3) is 3.52. The highest BCUT2D eigenvalue weighted by atomic mass is 79.9. The highest BCUT2D eigenvalue weighted by Gasteiger charge is 2.10. The summed E-state index contributed by atoms with van der Waals surface area (Å²) in [6.07, 6.45) is 0. The van der Waals surface area contributed by atoms with E-state index in [1.165, 1.54) is 5.56 Å². The first-order valence-corrected chi connectivity index (χ1v) is 6.97. The summed E-state index contributed by atoms with van der Waals surface area (Å²) < 4.78 is 0.841. The van der Waals surface area contributed by atoms with Crippen molar-refractivity contribution in [2.45, 2.75) is 6.54 Å². The van der Waals surface area contributed by atoms with Crippen molar-refractivity contribution in [3.63, 3.8) is 0 Å². The average Bonchev–Trinajstić information content (AvgIpc) is 2.77. The largest absolute Gasteiger partial charge is 0.395 e. The fourth-order valence-electron chi connectivity index (χ4n) is 1.56. The zero-order chi connectivity index (χ0) is 12.1. The standard InChI is InChI=1S/C12H13BrN2OS/c13-11-9-17-12(14-11)15(6-7-16)8-10-4-2-1-3-5-10/h1-5,9,16H,6-8H2. The topological polar surface area (TPSA) is 36.4 Å². The molecule has 0 aliphatic heterocycles. The van der Waals surface area contributed by atoms with Gasteiger partial charge in [0.1, 0.15) is 4.60 Å². The number of anilines is 1. The molecule has 1 aromatic carbocycles. The predicted molar refractivity (Wildman–Crippen MR) is 74.4 cm³/mol. The van der Waals surface area contributed by atoms with E-state index in [2.05, 4.69) is 37.9 Å². The van der Waals surface area contributed by atoms with Gasteiger partial charge in [-0.25, -0.2) is 4.98 Å². The van der Waals surface area contributed by atoms with E-state index in [4.69, 9.17) is 5.11 Å². The summed E-state index contributed by atoms with van der Waals surface area (Å²) in [5.41, 5.74) is 1.22. The highest BCUT2D eigenvalue weighted by molar-refractivity contribution is 9.10. The van der Waals surface area contributed by atoms with Gasteiger partial charge in [-0.05, 0) is 21.5 Å². The second kappa shape index (κ2) is 6.14. The summed E-state index contributed by atoms with van der Waals surface area (Å²) in [5.74, 6) is 0. The Bertz CT molecular complexity index is 461. The molecule has 0 saturated heterocycles. The number of rotatable bonds is 5. The number of halogens is 1. The minimum atomic E-state index is 0.129. The van der Waals surface area contributed by atoms with E-state index < -0.39 is 0 Å². The number of thiazole rings is 1. The summed E-state index contributed by atoms with van der Waals surface area (Å²) in [6.45, 7) is 1.49. The van der Waals surface area contributed by atoms with Gasteiger partial charge in [-0.15, -0.1) is 11.3 Å². The number of benzene rings is 1. The van der Waals surface area contributed by atoms with Crippen LogP contribution in [0.15, 0.2) is 40.3 Å². The molecule has 0 atom stereocenters. The minimum Gasteiger partial charge on any atom is -0.395 e. The Morgan fingerprint density at radius 2 is 2.06 bits per heavy atom. The van der Waals surface area contributed by atoms with Crippen molar-refractivity contribution in [2.24, 2.45) is 0 Å². The third-order valence-corrected chi connectivity index (χ3v) is 3.93. The molecule has 2 rings (SSSR count). The summed E-state index contributed by atoms with van der Waals surface area (Å²) in [4.78, 5) is 6.45. The summed E-state index contributed by atoms with van der Waals surface area (Å²) >= 11 is 4.92. The Balaban J connectivity index is 2.13. The fourth-order valence-corrected chi connectivity index (χ4v) is 2.83. The van der Waals surface area contributed by atoms with Gasteiger partial charge in [0.25, 0.3) is 0 Å². The van der Waals surface area contributed by atoms with E-state index in [1.54, 1.807) is 11.3 Å². The summed E-state index contributed by atoms with van der Waals surface area (Å²) in [5, 5.41) is 12.0. The molecule has 5 heteroatoms. The summed E-state index contributed by atoms with van der Waals surface area (Å²) in [6, 6.07) is 10.2. The summed E-state index contributed by atoms with van der Waals surface area (Å²) in [7, 11) is 0. The molecular weight excluding hydrogens is 300 g/mol. The molecular formula is C12H13BrN2OS. The van der Waals surface area contributed by atoms with E-state index in [0.717, 1.165) is 16.3 Å². The second-order valence-corrected chi connectivity index (χ2v) is 5.23. The van der Waals surface area contributed by atoms with Gasteiger partial charge >= 0.3 is 0 Å². The molecule has 1 N–H and O–H groups in total. The van der Waals surface area contributed by atoms with Crippen LogP contribution in [-0.2, 0) is 6.54 Å². The lowest BCUT2D eigenvalue weighted by atomic mass is 10.2. The maximum absolute atomic E-state index is 9.11. The third-order valence-electron chi connectivity index (χ3n) is 2.32. The van der Waals surface area contributed by atoms with Crippen LogP contribution in [0.1, 0.15) is 5.56 Å². The molecule has 3 nitrogen and oxygen atoms in total. The maximum Gasteiger partial charge on any atom is 0.186 e. The molecule has 17 heavy (non-hydrogen) atoms. The molecule has 0 unspecified atom stereocenters. The number of hydrogen-bond donors (Lipinski definition) is 1. The monoisotopic (exact) mass is 312 g/mol. The Morgan fingerprint density at radius 1 is 1.29 bits per heavy atom. The van der Waals surface area contributed by atoms with Crippen LogP contribution in [0.5, 0.6) is 0 Å².